The highest BCUT2D eigenvalue weighted by atomic mass is 35.5. The summed E-state index contributed by atoms with van der Waals surface area (Å²) < 4.78 is 48.9. The molecule has 0 radical (unpaired) electrons. The van der Waals surface area contributed by atoms with E-state index in [9.17, 15) is 18.1 Å². The molecule has 2 N–H and O–H groups in total. The number of sulfonamides is 1. The largest absolute Gasteiger partial charge is 0.439 e. The maximum absolute atomic E-state index is 14.1. The van der Waals surface area contributed by atoms with Crippen molar-refractivity contribution in [2.45, 2.75) is 12.5 Å². The average Bonchev–Trinajstić information content (AvgIpc) is 2.82. The third kappa shape index (κ3) is 3.50. The van der Waals surface area contributed by atoms with E-state index in [0.717, 1.165) is 5.56 Å². The van der Waals surface area contributed by atoms with Crippen molar-refractivity contribution in [2.24, 2.45) is 5.73 Å². The molecule has 2 heterocycles. The number of rotatable bonds is 3. The zero-order valence-electron chi connectivity index (χ0n) is 17.6. The van der Waals surface area contributed by atoms with Gasteiger partial charge in [-0.05, 0) is 47.5 Å². The van der Waals surface area contributed by atoms with Crippen LogP contribution in [0.5, 0.6) is 0 Å². The van der Waals surface area contributed by atoms with Gasteiger partial charge in [0.05, 0.1) is 18.2 Å². The van der Waals surface area contributed by atoms with Crippen molar-refractivity contribution in [1.29, 1.82) is 5.26 Å². The molecule has 2 aliphatic rings. The summed E-state index contributed by atoms with van der Waals surface area (Å²) in [6.45, 7) is 0.0323. The number of fused-ring (bicyclic) bond motifs is 2. The van der Waals surface area contributed by atoms with Gasteiger partial charge in [-0.15, -0.1) is 0 Å². The fourth-order valence-corrected chi connectivity index (χ4v) is 6.26. The first kappa shape index (κ1) is 22.0. The van der Waals surface area contributed by atoms with Crippen LogP contribution in [0, 0.1) is 17.1 Å². The Labute approximate surface area is 201 Å². The Morgan fingerprint density at radius 2 is 1.74 bits per heavy atom. The van der Waals surface area contributed by atoms with Crippen LogP contribution in [0.1, 0.15) is 22.6 Å². The van der Waals surface area contributed by atoms with Crippen LogP contribution >= 0.6 is 11.6 Å². The lowest BCUT2D eigenvalue weighted by molar-refractivity contribution is 0.357. The smallest absolute Gasteiger partial charge is 0.265 e. The molecular formula is C25H17ClFN3O3S. The van der Waals surface area contributed by atoms with Crippen molar-refractivity contribution in [3.63, 3.8) is 0 Å². The fraction of sp³-hybridized carbons (Fsp3) is 0.0800. The average molecular weight is 494 g/mol. The van der Waals surface area contributed by atoms with Gasteiger partial charge in [-0.3, -0.25) is 4.31 Å². The van der Waals surface area contributed by atoms with E-state index in [1.165, 1.54) is 28.6 Å². The molecule has 6 nitrogen and oxygen atoms in total. The van der Waals surface area contributed by atoms with Crippen LogP contribution in [0.3, 0.4) is 0 Å². The quantitative estimate of drug-likeness (QED) is 0.553. The van der Waals surface area contributed by atoms with Gasteiger partial charge in [0, 0.05) is 10.6 Å². The number of hydrogen-bond donors (Lipinski definition) is 1. The van der Waals surface area contributed by atoms with E-state index in [4.69, 9.17) is 22.1 Å². The molecule has 0 unspecified atom stereocenters. The Morgan fingerprint density at radius 3 is 2.41 bits per heavy atom. The molecule has 3 aromatic carbocycles. The highest BCUT2D eigenvalue weighted by Gasteiger charge is 2.47. The van der Waals surface area contributed by atoms with Gasteiger partial charge in [0.1, 0.15) is 22.4 Å². The summed E-state index contributed by atoms with van der Waals surface area (Å²) >= 11 is 6.00. The first-order chi connectivity index (χ1) is 16.3. The minimum absolute atomic E-state index is 0.0323. The van der Waals surface area contributed by atoms with Crippen molar-refractivity contribution in [1.82, 2.24) is 0 Å². The Kier molecular flexibility index (Phi) is 5.31. The van der Waals surface area contributed by atoms with Crippen molar-refractivity contribution >= 4 is 33.1 Å². The number of para-hydroxylation sites is 1. The van der Waals surface area contributed by atoms with E-state index in [1.807, 2.05) is 6.07 Å². The van der Waals surface area contributed by atoms with E-state index < -0.39 is 21.8 Å². The number of nitrogens with two attached hydrogens (primary N) is 1. The molecule has 9 heteroatoms. The molecule has 34 heavy (non-hydrogen) atoms. The fourth-order valence-electron chi connectivity index (χ4n) is 4.22. The molecule has 0 spiro atoms. The van der Waals surface area contributed by atoms with Gasteiger partial charge in [0.15, 0.2) is 5.76 Å². The highest BCUT2D eigenvalue weighted by Crippen LogP contribution is 2.51. The lowest BCUT2D eigenvalue weighted by atomic mass is 9.88. The van der Waals surface area contributed by atoms with Crippen molar-refractivity contribution in [3.8, 4) is 6.07 Å². The highest BCUT2D eigenvalue weighted by molar-refractivity contribution is 7.96. The predicted molar refractivity (Wildman–Crippen MR) is 127 cm³/mol. The summed E-state index contributed by atoms with van der Waals surface area (Å²) in [7, 11) is -4.20. The van der Waals surface area contributed by atoms with Gasteiger partial charge in [0.25, 0.3) is 10.0 Å². The second-order valence-electron chi connectivity index (χ2n) is 7.83. The van der Waals surface area contributed by atoms with Crippen LogP contribution in [0.2, 0.25) is 5.02 Å². The second kappa shape index (κ2) is 8.20. The zero-order chi connectivity index (χ0) is 24.0. The van der Waals surface area contributed by atoms with E-state index in [1.54, 1.807) is 48.5 Å². The third-order valence-corrected chi connectivity index (χ3v) is 7.94. The molecule has 0 saturated carbocycles. The molecule has 2 aliphatic heterocycles. The Morgan fingerprint density at radius 1 is 1.06 bits per heavy atom. The van der Waals surface area contributed by atoms with Gasteiger partial charge in [0.2, 0.25) is 5.88 Å². The number of anilines is 1. The van der Waals surface area contributed by atoms with Crippen molar-refractivity contribution in [2.75, 3.05) is 4.31 Å². The zero-order valence-corrected chi connectivity index (χ0v) is 19.1. The van der Waals surface area contributed by atoms with E-state index in [2.05, 4.69) is 0 Å². The first-order valence-corrected chi connectivity index (χ1v) is 12.1. The van der Waals surface area contributed by atoms with E-state index in [0.29, 0.717) is 21.8 Å². The number of hydrogen-bond acceptors (Lipinski definition) is 5. The maximum Gasteiger partial charge on any atom is 0.265 e. The summed E-state index contributed by atoms with van der Waals surface area (Å²) in [6, 6.07) is 21.1. The van der Waals surface area contributed by atoms with Crippen LogP contribution < -0.4 is 10.0 Å². The number of nitrogens with zero attached hydrogens (tertiary/aromatic N) is 2. The van der Waals surface area contributed by atoms with Gasteiger partial charge in [-0.25, -0.2) is 12.8 Å². The molecule has 0 bridgehead atoms. The van der Waals surface area contributed by atoms with Crippen LogP contribution in [-0.4, -0.2) is 8.42 Å². The normalized spacial score (nSPS) is 18.6. The molecule has 0 amide bonds. The molecule has 5 rings (SSSR count). The SMILES string of the molecule is N#CC1=C(N)OC2=C([C@@H]1c1ccc(F)cc1)S(=O)(=O)N(Cc1ccc(Cl)cc1)c1ccccc12. The number of benzene rings is 3. The predicted octanol–water partition coefficient (Wildman–Crippen LogP) is 5.01. The molecule has 0 aromatic heterocycles. The molecule has 170 valence electrons. The summed E-state index contributed by atoms with van der Waals surface area (Å²) in [5.41, 5.74) is 8.09. The van der Waals surface area contributed by atoms with Crippen molar-refractivity contribution in [3.05, 3.63) is 117 Å². The van der Waals surface area contributed by atoms with Crippen LogP contribution in [0.25, 0.3) is 5.76 Å². The van der Waals surface area contributed by atoms with Crippen LogP contribution in [-0.2, 0) is 21.3 Å². The van der Waals surface area contributed by atoms with Gasteiger partial charge >= 0.3 is 0 Å². The number of halogens is 2. The monoisotopic (exact) mass is 493 g/mol. The number of allylic oxidation sites excluding steroid dienone is 2. The summed E-state index contributed by atoms with van der Waals surface area (Å²) in [5, 5.41) is 10.4. The summed E-state index contributed by atoms with van der Waals surface area (Å²) in [4.78, 5) is -0.113. The lowest BCUT2D eigenvalue weighted by Gasteiger charge is -2.38. The van der Waals surface area contributed by atoms with Crippen LogP contribution in [0.4, 0.5) is 10.1 Å². The Balaban J connectivity index is 1.75. The van der Waals surface area contributed by atoms with Gasteiger partial charge < -0.3 is 10.5 Å². The Bertz CT molecular complexity index is 1510. The number of ether oxygens (including phenoxy) is 1. The van der Waals surface area contributed by atoms with Gasteiger partial charge in [-0.1, -0.05) is 48.0 Å². The molecule has 1 atom stereocenters. The summed E-state index contributed by atoms with van der Waals surface area (Å²) in [5.74, 6) is -1.66. The molecule has 0 saturated heterocycles. The minimum atomic E-state index is -4.20. The molecule has 3 aromatic rings. The topological polar surface area (TPSA) is 96.4 Å². The first-order valence-electron chi connectivity index (χ1n) is 10.2. The van der Waals surface area contributed by atoms with Crippen molar-refractivity contribution < 1.29 is 17.5 Å². The number of nitriles is 1. The standard InChI is InChI=1S/C25H17ClFN3O3S/c26-17-9-5-15(6-10-17)14-30-21-4-2-1-3-19(21)23-24(34(30,31)32)22(20(13-28)25(29)33-23)16-7-11-18(27)12-8-16/h1-12,22H,14,29H2/t22-/m1/s1. The third-order valence-electron chi connectivity index (χ3n) is 5.80. The minimum Gasteiger partial charge on any atom is -0.439 e. The lowest BCUT2D eigenvalue weighted by Crippen LogP contribution is -2.39. The van der Waals surface area contributed by atoms with E-state index in [-0.39, 0.29) is 28.7 Å². The second-order valence-corrected chi connectivity index (χ2v) is 10.1. The van der Waals surface area contributed by atoms with Gasteiger partial charge in [-0.2, -0.15) is 5.26 Å². The Hall–Kier alpha value is -3.80. The molecule has 0 fully saturated rings. The van der Waals surface area contributed by atoms with E-state index >= 15 is 0 Å². The summed E-state index contributed by atoms with van der Waals surface area (Å²) in [6.07, 6.45) is 0. The molecule has 0 aliphatic carbocycles. The van der Waals surface area contributed by atoms with Crippen LogP contribution in [0.15, 0.2) is 89.2 Å². The maximum atomic E-state index is 14.1. The molecular weight excluding hydrogens is 477 g/mol.